The van der Waals surface area contributed by atoms with Gasteiger partial charge >= 0.3 is 12.3 Å². The van der Waals surface area contributed by atoms with E-state index < -0.39 is 69.1 Å². The molecule has 4 aromatic rings. The third kappa shape index (κ3) is 6.24. The van der Waals surface area contributed by atoms with Gasteiger partial charge in [0.05, 0.1) is 23.0 Å². The lowest BCUT2D eigenvalue weighted by molar-refractivity contribution is -0.191. The number of carbonyl (C=O) groups is 1. The minimum atomic E-state index is -5.76. The zero-order chi connectivity index (χ0) is 34.1. The third-order valence-electron chi connectivity index (χ3n) is 7.20. The summed E-state index contributed by atoms with van der Waals surface area (Å²) in [6.07, 6.45) is -5.51. The van der Waals surface area contributed by atoms with E-state index >= 15 is 0 Å². The van der Waals surface area contributed by atoms with E-state index in [1.165, 1.54) is 24.3 Å². The van der Waals surface area contributed by atoms with Gasteiger partial charge in [-0.25, -0.2) is 26.0 Å². The lowest BCUT2D eigenvalue weighted by Gasteiger charge is -2.20. The third-order valence-corrected chi connectivity index (χ3v) is 8.99. The standard InChI is InChI=1S/C30H21F7N2O3S.CO2/c1-15-7-10-18(11-8-15)43(41,42)39-14-21(20-13-17(9-12-22(20)39)19-6-4-3-5-16(19)2)29(40)38-28-26(33)24(31)23(30(35,36)37)25(32)27(28)34;2-1-3/h3-13,21H,14H2,1-2H3,(H,38,40);. The maximum atomic E-state index is 14.6. The van der Waals surface area contributed by atoms with E-state index in [0.717, 1.165) is 21.0 Å². The lowest BCUT2D eigenvalue weighted by atomic mass is 9.94. The van der Waals surface area contributed by atoms with E-state index in [9.17, 15) is 43.9 Å². The summed E-state index contributed by atoms with van der Waals surface area (Å²) in [6.45, 7) is 2.99. The summed E-state index contributed by atoms with van der Waals surface area (Å²) in [5.74, 6) is -13.2. The second-order valence-corrected chi connectivity index (χ2v) is 11.9. The van der Waals surface area contributed by atoms with Crippen LogP contribution < -0.4 is 9.62 Å². The summed E-state index contributed by atoms with van der Waals surface area (Å²) in [5.41, 5.74) is -1.49. The Balaban J connectivity index is 0.00000154. The highest BCUT2D eigenvalue weighted by molar-refractivity contribution is 7.92. The van der Waals surface area contributed by atoms with E-state index in [-0.39, 0.29) is 22.3 Å². The average Bonchev–Trinajstić information content (AvgIpc) is 3.38. The van der Waals surface area contributed by atoms with Gasteiger partial charge in [-0.3, -0.25) is 9.10 Å². The summed E-state index contributed by atoms with van der Waals surface area (Å²) >= 11 is 0. The maximum absolute atomic E-state index is 14.6. The first-order valence-electron chi connectivity index (χ1n) is 13.1. The molecule has 1 N–H and O–H groups in total. The van der Waals surface area contributed by atoms with Crippen molar-refractivity contribution >= 4 is 33.5 Å². The van der Waals surface area contributed by atoms with Crippen LogP contribution in [0.15, 0.2) is 71.6 Å². The topological polar surface area (TPSA) is 101 Å². The Kier molecular flexibility index (Phi) is 9.41. The number of sulfonamides is 1. The van der Waals surface area contributed by atoms with Crippen LogP contribution in [-0.4, -0.2) is 27.0 Å². The number of fused-ring (bicyclic) bond motifs is 1. The van der Waals surface area contributed by atoms with Crippen molar-refractivity contribution in [1.29, 1.82) is 0 Å². The minimum absolute atomic E-state index is 0.0591. The summed E-state index contributed by atoms with van der Waals surface area (Å²) in [6, 6.07) is 17.6. The summed E-state index contributed by atoms with van der Waals surface area (Å²) in [4.78, 5) is 29.6. The molecule has 46 heavy (non-hydrogen) atoms. The van der Waals surface area contributed by atoms with Crippen molar-refractivity contribution in [2.45, 2.75) is 30.8 Å². The van der Waals surface area contributed by atoms with Gasteiger partial charge in [-0.15, -0.1) is 0 Å². The smallest absolute Gasteiger partial charge is 0.320 e. The zero-order valence-electron chi connectivity index (χ0n) is 23.7. The predicted molar refractivity (Wildman–Crippen MR) is 150 cm³/mol. The van der Waals surface area contributed by atoms with Crippen LogP contribution in [0.1, 0.15) is 28.2 Å². The second-order valence-electron chi connectivity index (χ2n) is 10.1. The van der Waals surface area contributed by atoms with Crippen molar-refractivity contribution in [3.8, 4) is 11.1 Å². The molecule has 240 valence electrons. The van der Waals surface area contributed by atoms with Crippen LogP contribution in [-0.2, 0) is 30.6 Å². The molecule has 0 bridgehead atoms. The zero-order valence-corrected chi connectivity index (χ0v) is 24.5. The Morgan fingerprint density at radius 1 is 0.870 bits per heavy atom. The second kappa shape index (κ2) is 12.8. The first-order valence-corrected chi connectivity index (χ1v) is 14.5. The van der Waals surface area contributed by atoms with E-state index in [0.29, 0.717) is 5.56 Å². The van der Waals surface area contributed by atoms with Crippen LogP contribution in [0.25, 0.3) is 11.1 Å². The molecule has 1 heterocycles. The molecule has 1 aliphatic rings. The van der Waals surface area contributed by atoms with Crippen LogP contribution in [0.3, 0.4) is 0 Å². The van der Waals surface area contributed by atoms with Gasteiger partial charge in [0.1, 0.15) is 11.3 Å². The number of anilines is 2. The van der Waals surface area contributed by atoms with E-state index in [2.05, 4.69) is 0 Å². The van der Waals surface area contributed by atoms with Crippen molar-refractivity contribution in [2.75, 3.05) is 16.2 Å². The maximum Gasteiger partial charge on any atom is 0.422 e. The molecule has 0 radical (unpaired) electrons. The van der Waals surface area contributed by atoms with Crippen LogP contribution in [0.2, 0.25) is 0 Å². The highest BCUT2D eigenvalue weighted by atomic mass is 32.2. The molecule has 1 atom stereocenters. The summed E-state index contributed by atoms with van der Waals surface area (Å²) in [5, 5.41) is 1.65. The van der Waals surface area contributed by atoms with Gasteiger partial charge in [-0.1, -0.05) is 48.0 Å². The number of halogens is 7. The number of carbonyl (C=O) groups excluding carboxylic acids is 3. The molecule has 0 saturated carbocycles. The number of benzene rings is 4. The van der Waals surface area contributed by atoms with Crippen LogP contribution in [0, 0.1) is 37.1 Å². The van der Waals surface area contributed by atoms with E-state index in [1.54, 1.807) is 48.6 Å². The normalized spacial score (nSPS) is 14.2. The van der Waals surface area contributed by atoms with Crippen molar-refractivity contribution in [2.24, 2.45) is 0 Å². The molecule has 1 unspecified atom stereocenters. The Bertz CT molecular complexity index is 1950. The van der Waals surface area contributed by atoms with Gasteiger partial charge in [0.25, 0.3) is 10.0 Å². The number of aryl methyl sites for hydroxylation is 2. The van der Waals surface area contributed by atoms with Crippen LogP contribution in [0.5, 0.6) is 0 Å². The Morgan fingerprint density at radius 3 is 1.98 bits per heavy atom. The Labute approximate surface area is 257 Å². The molecular formula is C31H21F7N2O5S. The number of amides is 1. The summed E-state index contributed by atoms with van der Waals surface area (Å²) in [7, 11) is -4.29. The number of nitrogens with zero attached hydrogens (tertiary/aromatic N) is 1. The van der Waals surface area contributed by atoms with E-state index in [1.807, 2.05) is 13.0 Å². The Morgan fingerprint density at radius 2 is 1.43 bits per heavy atom. The van der Waals surface area contributed by atoms with E-state index in [4.69, 9.17) is 9.59 Å². The molecule has 0 saturated heterocycles. The highest BCUT2D eigenvalue weighted by Gasteiger charge is 2.44. The summed E-state index contributed by atoms with van der Waals surface area (Å²) < 4.78 is 125. The number of hydrogen-bond acceptors (Lipinski definition) is 5. The molecule has 0 aromatic heterocycles. The van der Waals surface area contributed by atoms with Crippen molar-refractivity contribution in [3.05, 3.63) is 112 Å². The number of alkyl halides is 3. The van der Waals surface area contributed by atoms with Crippen molar-refractivity contribution in [1.82, 2.24) is 0 Å². The van der Waals surface area contributed by atoms with Gasteiger partial charge in [0.2, 0.25) is 5.91 Å². The van der Waals surface area contributed by atoms with Gasteiger partial charge < -0.3 is 5.32 Å². The molecule has 4 aromatic carbocycles. The molecular weight excluding hydrogens is 645 g/mol. The quantitative estimate of drug-likeness (QED) is 0.185. The SMILES string of the molecule is Cc1ccc(S(=O)(=O)N2CC(C(=O)Nc3c(F)c(F)c(C(F)(F)F)c(F)c3F)c3cc(-c4ccccc4C)ccc32)cc1.O=C=O. The molecule has 0 fully saturated rings. The van der Waals surface area contributed by atoms with Crippen LogP contribution >= 0.6 is 0 Å². The fourth-order valence-corrected chi connectivity index (χ4v) is 6.48. The van der Waals surface area contributed by atoms with Crippen LogP contribution in [0.4, 0.5) is 42.1 Å². The molecule has 0 aliphatic carbocycles. The Hall–Kier alpha value is -5.01. The highest BCUT2D eigenvalue weighted by Crippen LogP contribution is 2.44. The number of rotatable bonds is 5. The first kappa shape index (κ1) is 33.9. The molecule has 0 spiro atoms. The monoisotopic (exact) mass is 666 g/mol. The molecule has 1 amide bonds. The predicted octanol–water partition coefficient (Wildman–Crippen LogP) is 6.89. The minimum Gasteiger partial charge on any atom is -0.320 e. The molecule has 7 nitrogen and oxygen atoms in total. The molecule has 1 aliphatic heterocycles. The largest absolute Gasteiger partial charge is 0.422 e. The lowest BCUT2D eigenvalue weighted by Crippen LogP contribution is -2.33. The first-order chi connectivity index (χ1) is 21.5. The number of nitrogens with one attached hydrogen (secondary N) is 1. The average molecular weight is 667 g/mol. The van der Waals surface area contributed by atoms with Crippen molar-refractivity contribution < 1.29 is 53.5 Å². The fourth-order valence-electron chi connectivity index (χ4n) is 4.98. The number of hydrogen-bond donors (Lipinski definition) is 1. The van der Waals surface area contributed by atoms with Gasteiger partial charge in [-0.2, -0.15) is 22.8 Å². The molecule has 15 heteroatoms. The van der Waals surface area contributed by atoms with Crippen molar-refractivity contribution in [3.63, 3.8) is 0 Å². The fraction of sp³-hybridized carbons (Fsp3) is 0.161. The van der Waals surface area contributed by atoms with Gasteiger partial charge in [0.15, 0.2) is 23.3 Å². The van der Waals surface area contributed by atoms with Gasteiger partial charge in [0, 0.05) is 0 Å². The van der Waals surface area contributed by atoms with Gasteiger partial charge in [-0.05, 0) is 60.4 Å². The molecule has 5 rings (SSSR count).